The Morgan fingerprint density at radius 2 is 2.19 bits per heavy atom. The first-order valence-corrected chi connectivity index (χ1v) is 7.70. The van der Waals surface area contributed by atoms with Gasteiger partial charge >= 0.3 is 5.97 Å². The average molecular weight is 287 g/mol. The molecule has 0 spiro atoms. The summed E-state index contributed by atoms with van der Waals surface area (Å²) in [6.45, 7) is 1.34. The third-order valence-corrected chi connectivity index (χ3v) is 4.76. The third-order valence-electron chi connectivity index (χ3n) is 4.76. The highest BCUT2D eigenvalue weighted by Crippen LogP contribution is 2.37. The van der Waals surface area contributed by atoms with Crippen molar-refractivity contribution in [1.82, 2.24) is 4.90 Å². The van der Waals surface area contributed by atoms with Gasteiger partial charge in [0, 0.05) is 13.1 Å². The second-order valence-corrected chi connectivity index (χ2v) is 6.11. The Labute approximate surface area is 124 Å². The lowest BCUT2D eigenvalue weighted by Gasteiger charge is -2.41. The molecule has 0 saturated carbocycles. The Hall–Kier alpha value is -1.84. The van der Waals surface area contributed by atoms with Crippen LogP contribution >= 0.6 is 0 Å². The van der Waals surface area contributed by atoms with Crippen LogP contribution in [0.1, 0.15) is 25.7 Å². The van der Waals surface area contributed by atoms with Gasteiger partial charge in [0.15, 0.2) is 0 Å². The van der Waals surface area contributed by atoms with Crippen molar-refractivity contribution in [3.8, 4) is 0 Å². The fourth-order valence-corrected chi connectivity index (χ4v) is 3.64. The normalized spacial score (nSPS) is 31.8. The van der Waals surface area contributed by atoms with Gasteiger partial charge < -0.3 is 10.0 Å². The number of allylic oxidation sites excluding steroid dienone is 4. The lowest BCUT2D eigenvalue weighted by molar-refractivity contribution is -0.154. The largest absolute Gasteiger partial charge is 0.481 e. The predicted molar refractivity (Wildman–Crippen MR) is 79.5 cm³/mol. The maximum atomic E-state index is 12.7. The van der Waals surface area contributed by atoms with E-state index in [1.165, 1.54) is 5.57 Å². The molecule has 112 valence electrons. The highest BCUT2D eigenvalue weighted by Gasteiger charge is 2.44. The number of carbonyl (C=O) groups is 2. The lowest BCUT2D eigenvalue weighted by Crippen LogP contribution is -2.50. The van der Waals surface area contributed by atoms with E-state index in [0.717, 1.165) is 25.8 Å². The summed E-state index contributed by atoms with van der Waals surface area (Å²) in [5, 5.41) is 9.38. The van der Waals surface area contributed by atoms with Crippen LogP contribution in [0, 0.1) is 17.8 Å². The number of piperidine rings is 1. The highest BCUT2D eigenvalue weighted by atomic mass is 16.4. The van der Waals surface area contributed by atoms with Crippen LogP contribution in [0.15, 0.2) is 36.0 Å². The number of hydrogen-bond donors (Lipinski definition) is 1. The van der Waals surface area contributed by atoms with Crippen molar-refractivity contribution in [2.24, 2.45) is 17.8 Å². The molecule has 2 aliphatic carbocycles. The number of fused-ring (bicyclic) bond motifs is 1. The minimum Gasteiger partial charge on any atom is -0.481 e. The minimum absolute atomic E-state index is 0.0165. The number of hydrogen-bond acceptors (Lipinski definition) is 2. The van der Waals surface area contributed by atoms with E-state index in [4.69, 9.17) is 0 Å². The zero-order valence-corrected chi connectivity index (χ0v) is 12.1. The van der Waals surface area contributed by atoms with Crippen molar-refractivity contribution in [3.05, 3.63) is 36.0 Å². The van der Waals surface area contributed by atoms with E-state index in [0.29, 0.717) is 13.0 Å². The summed E-state index contributed by atoms with van der Waals surface area (Å²) in [6.07, 6.45) is 13.8. The molecule has 0 aromatic rings. The van der Waals surface area contributed by atoms with E-state index in [1.807, 2.05) is 17.1 Å². The van der Waals surface area contributed by atoms with Gasteiger partial charge in [-0.25, -0.2) is 0 Å². The summed E-state index contributed by atoms with van der Waals surface area (Å²) < 4.78 is 0. The molecule has 1 N–H and O–H groups in total. The maximum Gasteiger partial charge on any atom is 0.307 e. The van der Waals surface area contributed by atoms with Crippen molar-refractivity contribution in [2.45, 2.75) is 25.7 Å². The number of likely N-dealkylation sites (tertiary alicyclic amines) is 1. The van der Waals surface area contributed by atoms with Crippen molar-refractivity contribution in [3.63, 3.8) is 0 Å². The third kappa shape index (κ3) is 2.80. The molecule has 0 bridgehead atoms. The molecule has 4 heteroatoms. The van der Waals surface area contributed by atoms with E-state index < -0.39 is 11.9 Å². The molecule has 3 aliphatic rings. The van der Waals surface area contributed by atoms with Gasteiger partial charge in [0.25, 0.3) is 0 Å². The van der Waals surface area contributed by atoms with Gasteiger partial charge in [0.1, 0.15) is 0 Å². The Bertz CT molecular complexity index is 532. The topological polar surface area (TPSA) is 57.6 Å². The summed E-state index contributed by atoms with van der Waals surface area (Å²) >= 11 is 0. The molecule has 3 atom stereocenters. The first-order valence-electron chi connectivity index (χ1n) is 7.70. The second kappa shape index (κ2) is 5.88. The van der Waals surface area contributed by atoms with Crippen molar-refractivity contribution in [2.75, 3.05) is 13.1 Å². The minimum atomic E-state index is -0.846. The van der Waals surface area contributed by atoms with Gasteiger partial charge in [0.2, 0.25) is 5.91 Å². The molecule has 4 nitrogen and oxygen atoms in total. The van der Waals surface area contributed by atoms with Gasteiger partial charge in [-0.05, 0) is 37.2 Å². The summed E-state index contributed by atoms with van der Waals surface area (Å²) in [7, 11) is 0. The van der Waals surface area contributed by atoms with E-state index >= 15 is 0 Å². The maximum absolute atomic E-state index is 12.7. The molecule has 1 fully saturated rings. The predicted octanol–water partition coefficient (Wildman–Crippen LogP) is 2.39. The zero-order chi connectivity index (χ0) is 14.8. The molecule has 0 aromatic carbocycles. The SMILES string of the molecule is O=C(O)C1CC=C[C@H]2CCN(CC3=CCCC=C3)C(=O)C12. The van der Waals surface area contributed by atoms with Crippen molar-refractivity contribution < 1.29 is 14.7 Å². The van der Waals surface area contributed by atoms with E-state index in [2.05, 4.69) is 18.2 Å². The molecule has 2 unspecified atom stereocenters. The Kier molecular flexibility index (Phi) is 3.95. The smallest absolute Gasteiger partial charge is 0.307 e. The van der Waals surface area contributed by atoms with Crippen LogP contribution in [0.4, 0.5) is 0 Å². The van der Waals surface area contributed by atoms with Gasteiger partial charge in [-0.15, -0.1) is 0 Å². The standard InChI is InChI=1S/C17H21NO3/c19-16-15-13(7-4-8-14(15)17(20)21)9-10-18(16)11-12-5-2-1-3-6-12/h2,4-7,13-15H,1,3,8-11H2,(H,20,21)/t13-,14?,15?/m0/s1. The van der Waals surface area contributed by atoms with Gasteiger partial charge in [-0.3, -0.25) is 9.59 Å². The number of carboxylic acids is 1. The summed E-state index contributed by atoms with van der Waals surface area (Å²) in [6, 6.07) is 0. The van der Waals surface area contributed by atoms with Crippen LogP contribution in [0.2, 0.25) is 0 Å². The first kappa shape index (κ1) is 14.1. The number of carboxylic acid groups (broad SMARTS) is 1. The Balaban J connectivity index is 1.76. The Morgan fingerprint density at radius 3 is 2.90 bits per heavy atom. The average Bonchev–Trinajstić information content (AvgIpc) is 2.50. The van der Waals surface area contributed by atoms with Crippen LogP contribution in [0.3, 0.4) is 0 Å². The van der Waals surface area contributed by atoms with E-state index in [1.54, 1.807) is 0 Å². The van der Waals surface area contributed by atoms with E-state index in [-0.39, 0.29) is 17.7 Å². The Morgan fingerprint density at radius 1 is 1.33 bits per heavy atom. The molecule has 1 heterocycles. The fraction of sp³-hybridized carbons (Fsp3) is 0.529. The van der Waals surface area contributed by atoms with Crippen LogP contribution in [0.5, 0.6) is 0 Å². The number of nitrogens with zero attached hydrogens (tertiary/aromatic N) is 1. The molecule has 3 rings (SSSR count). The fourth-order valence-electron chi connectivity index (χ4n) is 3.64. The second-order valence-electron chi connectivity index (χ2n) is 6.11. The number of carbonyl (C=O) groups excluding carboxylic acids is 1. The molecular formula is C17H21NO3. The summed E-state index contributed by atoms with van der Waals surface area (Å²) in [5.41, 5.74) is 1.17. The quantitative estimate of drug-likeness (QED) is 0.811. The molecule has 0 radical (unpaired) electrons. The lowest BCUT2D eigenvalue weighted by atomic mass is 9.71. The zero-order valence-electron chi connectivity index (χ0n) is 12.1. The molecule has 21 heavy (non-hydrogen) atoms. The van der Waals surface area contributed by atoms with Gasteiger partial charge in [0.05, 0.1) is 11.8 Å². The molecule has 0 aromatic heterocycles. The molecule has 1 amide bonds. The summed E-state index contributed by atoms with van der Waals surface area (Å²) in [4.78, 5) is 26.0. The number of rotatable bonds is 3. The monoisotopic (exact) mass is 287 g/mol. The van der Waals surface area contributed by atoms with Crippen molar-refractivity contribution >= 4 is 11.9 Å². The molecular weight excluding hydrogens is 266 g/mol. The van der Waals surface area contributed by atoms with E-state index in [9.17, 15) is 14.7 Å². The van der Waals surface area contributed by atoms with Crippen molar-refractivity contribution in [1.29, 1.82) is 0 Å². The first-order chi connectivity index (χ1) is 10.2. The number of aliphatic carboxylic acids is 1. The van der Waals surface area contributed by atoms with Crippen LogP contribution in [-0.2, 0) is 9.59 Å². The molecule has 1 aliphatic heterocycles. The summed E-state index contributed by atoms with van der Waals surface area (Å²) in [5.74, 6) is -1.68. The molecule has 1 saturated heterocycles. The highest BCUT2D eigenvalue weighted by molar-refractivity contribution is 5.86. The van der Waals surface area contributed by atoms with Crippen LogP contribution in [0.25, 0.3) is 0 Å². The van der Waals surface area contributed by atoms with Gasteiger partial charge in [-0.1, -0.05) is 30.4 Å². The van der Waals surface area contributed by atoms with Gasteiger partial charge in [-0.2, -0.15) is 0 Å². The van der Waals surface area contributed by atoms with Crippen LogP contribution < -0.4 is 0 Å². The van der Waals surface area contributed by atoms with Crippen LogP contribution in [-0.4, -0.2) is 35.0 Å². The number of amides is 1.